The lowest BCUT2D eigenvalue weighted by atomic mass is 9.81. The fourth-order valence-electron chi connectivity index (χ4n) is 3.81. The zero-order valence-corrected chi connectivity index (χ0v) is 17.0. The van der Waals surface area contributed by atoms with Crippen LogP contribution in [0.15, 0.2) is 42.0 Å². The third-order valence-electron chi connectivity index (χ3n) is 5.67. The van der Waals surface area contributed by atoms with E-state index >= 15 is 0 Å². The second-order valence-corrected chi connectivity index (χ2v) is 8.63. The number of rotatable bonds is 6. The lowest BCUT2D eigenvalue weighted by Crippen LogP contribution is -2.61. The van der Waals surface area contributed by atoms with Gasteiger partial charge in [0, 0.05) is 25.2 Å². The molecular weight excluding hydrogens is 402 g/mol. The molecule has 0 atom stereocenters. The van der Waals surface area contributed by atoms with Crippen LogP contribution < -0.4 is 20.7 Å². The molecule has 2 aliphatic rings. The summed E-state index contributed by atoms with van der Waals surface area (Å²) in [6.45, 7) is 1.40. The third kappa shape index (κ3) is 3.56. The Balaban J connectivity index is 1.07. The van der Waals surface area contributed by atoms with Crippen molar-refractivity contribution in [3.05, 3.63) is 47.6 Å². The van der Waals surface area contributed by atoms with Gasteiger partial charge in [0.05, 0.1) is 21.8 Å². The van der Waals surface area contributed by atoms with Crippen molar-refractivity contribution >= 4 is 39.2 Å². The average Bonchev–Trinajstić information content (AvgIpc) is 3.16. The van der Waals surface area contributed by atoms with Crippen molar-refractivity contribution in [2.24, 2.45) is 11.7 Å². The van der Waals surface area contributed by atoms with Gasteiger partial charge < -0.3 is 20.7 Å². The van der Waals surface area contributed by atoms with E-state index in [0.29, 0.717) is 18.7 Å². The summed E-state index contributed by atoms with van der Waals surface area (Å²) in [5.41, 5.74) is 8.33. The van der Waals surface area contributed by atoms with Gasteiger partial charge in [-0.05, 0) is 37.1 Å². The molecule has 0 bridgehead atoms. The molecule has 0 unspecified atom stereocenters. The number of ether oxygens (including phenoxy) is 1. The van der Waals surface area contributed by atoms with Crippen LogP contribution in [-0.4, -0.2) is 47.0 Å². The fourth-order valence-corrected chi connectivity index (χ4v) is 4.50. The van der Waals surface area contributed by atoms with E-state index in [1.807, 2.05) is 23.7 Å². The maximum Gasteiger partial charge on any atom is 0.250 e. The quantitative estimate of drug-likeness (QED) is 0.627. The molecule has 9 heteroatoms. The normalized spacial score (nSPS) is 21.0. The van der Waals surface area contributed by atoms with Gasteiger partial charge in [0.2, 0.25) is 11.8 Å². The van der Waals surface area contributed by atoms with E-state index in [2.05, 4.69) is 20.2 Å². The topological polar surface area (TPSA) is 110 Å². The molecule has 2 aromatic heterocycles. The molecule has 1 saturated carbocycles. The monoisotopic (exact) mass is 423 g/mol. The van der Waals surface area contributed by atoms with Crippen LogP contribution in [0.5, 0.6) is 5.75 Å². The number of thiazole rings is 1. The number of aromatic nitrogens is 2. The molecule has 154 valence electrons. The molecule has 3 N–H and O–H groups in total. The van der Waals surface area contributed by atoms with Gasteiger partial charge >= 0.3 is 0 Å². The number of carbonyl (C=O) groups excluding carboxylic acids is 2. The lowest BCUT2D eigenvalue weighted by Gasteiger charge is -2.42. The molecule has 1 aromatic carbocycles. The minimum absolute atomic E-state index is 0.00772. The van der Waals surface area contributed by atoms with E-state index in [-0.39, 0.29) is 24.0 Å². The van der Waals surface area contributed by atoms with Gasteiger partial charge in [0.25, 0.3) is 0 Å². The highest BCUT2D eigenvalue weighted by Gasteiger charge is 2.38. The van der Waals surface area contributed by atoms with Gasteiger partial charge in [-0.25, -0.2) is 9.97 Å². The van der Waals surface area contributed by atoms with E-state index in [9.17, 15) is 9.59 Å². The molecule has 0 radical (unpaired) electrons. The summed E-state index contributed by atoms with van der Waals surface area (Å²) >= 11 is 1.59. The first-order chi connectivity index (χ1) is 14.6. The average molecular weight is 423 g/mol. The Morgan fingerprint density at radius 1 is 1.17 bits per heavy atom. The van der Waals surface area contributed by atoms with Gasteiger partial charge in [-0.1, -0.05) is 6.07 Å². The van der Waals surface area contributed by atoms with Crippen LogP contribution in [0.4, 0.5) is 5.82 Å². The Bertz CT molecular complexity index is 1090. The van der Waals surface area contributed by atoms with Crippen LogP contribution in [0.1, 0.15) is 23.2 Å². The molecule has 8 nitrogen and oxygen atoms in total. The molecule has 3 heterocycles. The fraction of sp³-hybridized carbons (Fsp3) is 0.333. The largest absolute Gasteiger partial charge is 0.488 e. The van der Waals surface area contributed by atoms with Gasteiger partial charge in [-0.3, -0.25) is 9.59 Å². The Morgan fingerprint density at radius 2 is 2.00 bits per heavy atom. The summed E-state index contributed by atoms with van der Waals surface area (Å²) in [6, 6.07) is 9.48. The second-order valence-electron chi connectivity index (χ2n) is 7.74. The first-order valence-electron chi connectivity index (χ1n) is 9.87. The first kappa shape index (κ1) is 18.8. The van der Waals surface area contributed by atoms with Gasteiger partial charge in [0.15, 0.2) is 0 Å². The van der Waals surface area contributed by atoms with Gasteiger partial charge in [-0.2, -0.15) is 0 Å². The van der Waals surface area contributed by atoms with E-state index < -0.39 is 5.91 Å². The number of amides is 2. The van der Waals surface area contributed by atoms with Crippen molar-refractivity contribution < 1.29 is 14.3 Å². The number of fused-ring (bicyclic) bond motifs is 1. The highest BCUT2D eigenvalue weighted by molar-refractivity contribution is 7.16. The van der Waals surface area contributed by atoms with Crippen LogP contribution in [0.3, 0.4) is 0 Å². The maximum absolute atomic E-state index is 12.5. The minimum atomic E-state index is -0.492. The number of nitrogens with zero attached hydrogens (tertiary/aromatic N) is 3. The number of para-hydroxylation sites is 1. The standard InChI is InChI=1S/C21H21N5O3S/c22-20(27)12-4-5-18(23-8-12)26-9-14(10-26)25-21(28)13-6-15(7-13)29-16-2-1-3-17-19(16)24-11-30-17/h1-5,8,11,13-15H,6-7,9-10H2,(H2,22,27)(H,25,28). The summed E-state index contributed by atoms with van der Waals surface area (Å²) in [6.07, 6.45) is 2.97. The van der Waals surface area contributed by atoms with Crippen LogP contribution in [-0.2, 0) is 4.79 Å². The predicted molar refractivity (Wildman–Crippen MR) is 114 cm³/mol. The molecular formula is C21H21N5O3S. The Kier molecular flexibility index (Phi) is 4.74. The highest BCUT2D eigenvalue weighted by atomic mass is 32.1. The Morgan fingerprint density at radius 3 is 2.73 bits per heavy atom. The molecule has 2 fully saturated rings. The van der Waals surface area contributed by atoms with Crippen molar-refractivity contribution in [3.63, 3.8) is 0 Å². The van der Waals surface area contributed by atoms with Gasteiger partial charge in [-0.15, -0.1) is 11.3 Å². The van der Waals surface area contributed by atoms with E-state index in [4.69, 9.17) is 10.5 Å². The van der Waals surface area contributed by atoms with E-state index in [1.165, 1.54) is 6.20 Å². The Labute approximate surface area is 177 Å². The maximum atomic E-state index is 12.5. The number of nitrogens with two attached hydrogens (primary N) is 1. The zero-order valence-electron chi connectivity index (χ0n) is 16.2. The van der Waals surface area contributed by atoms with Crippen LogP contribution in [0, 0.1) is 5.92 Å². The molecule has 3 aromatic rings. The molecule has 2 amide bonds. The predicted octanol–water partition coefficient (Wildman–Crippen LogP) is 1.95. The molecule has 30 heavy (non-hydrogen) atoms. The van der Waals surface area contributed by atoms with Crippen molar-refractivity contribution in [2.75, 3.05) is 18.0 Å². The smallest absolute Gasteiger partial charge is 0.250 e. The molecule has 5 rings (SSSR count). The van der Waals surface area contributed by atoms with Crippen molar-refractivity contribution in [3.8, 4) is 5.75 Å². The number of benzene rings is 1. The summed E-state index contributed by atoms with van der Waals surface area (Å²) in [5, 5.41) is 3.11. The number of pyridine rings is 1. The lowest BCUT2D eigenvalue weighted by molar-refractivity contribution is -0.131. The number of hydrogen-bond donors (Lipinski definition) is 2. The van der Waals surface area contributed by atoms with Gasteiger partial charge in [0.1, 0.15) is 23.2 Å². The number of anilines is 1. The molecule has 0 spiro atoms. The minimum Gasteiger partial charge on any atom is -0.488 e. The number of primary amides is 1. The van der Waals surface area contributed by atoms with Crippen molar-refractivity contribution in [2.45, 2.75) is 25.0 Å². The SMILES string of the molecule is NC(=O)c1ccc(N2CC(NC(=O)C3CC(Oc4cccc5scnc45)C3)C2)nc1. The van der Waals surface area contributed by atoms with Crippen molar-refractivity contribution in [1.29, 1.82) is 0 Å². The number of nitrogens with one attached hydrogen (secondary N) is 1. The third-order valence-corrected chi connectivity index (χ3v) is 6.46. The van der Waals surface area contributed by atoms with Crippen LogP contribution >= 0.6 is 11.3 Å². The second kappa shape index (κ2) is 7.56. The van der Waals surface area contributed by atoms with E-state index in [1.54, 1.807) is 23.5 Å². The number of hydrogen-bond acceptors (Lipinski definition) is 7. The van der Waals surface area contributed by atoms with E-state index in [0.717, 1.165) is 34.6 Å². The zero-order chi connectivity index (χ0) is 20.7. The summed E-state index contributed by atoms with van der Waals surface area (Å²) < 4.78 is 7.17. The Hall–Kier alpha value is -3.20. The molecule has 1 saturated heterocycles. The first-order valence-corrected chi connectivity index (χ1v) is 10.7. The highest BCUT2D eigenvalue weighted by Crippen LogP contribution is 2.35. The summed E-state index contributed by atoms with van der Waals surface area (Å²) in [5.74, 6) is 1.16. The summed E-state index contributed by atoms with van der Waals surface area (Å²) in [7, 11) is 0. The summed E-state index contributed by atoms with van der Waals surface area (Å²) in [4.78, 5) is 34.3. The number of carbonyl (C=O) groups is 2. The molecule has 1 aliphatic heterocycles. The van der Waals surface area contributed by atoms with Crippen molar-refractivity contribution in [1.82, 2.24) is 15.3 Å². The van der Waals surface area contributed by atoms with Crippen LogP contribution in [0.25, 0.3) is 10.2 Å². The van der Waals surface area contributed by atoms with Crippen LogP contribution in [0.2, 0.25) is 0 Å². The molecule has 1 aliphatic carbocycles.